The molecule has 0 saturated heterocycles. The Balaban J connectivity index is 2.10. The maximum atomic E-state index is 13.2. The van der Waals surface area contributed by atoms with Crippen LogP contribution in [0.3, 0.4) is 0 Å². The lowest BCUT2D eigenvalue weighted by Crippen LogP contribution is -2.35. The molecule has 1 atom stereocenters. The van der Waals surface area contributed by atoms with Gasteiger partial charge in [0.25, 0.3) is 5.91 Å². The van der Waals surface area contributed by atoms with Crippen LogP contribution in [-0.2, 0) is 4.79 Å². The van der Waals surface area contributed by atoms with Gasteiger partial charge in [-0.1, -0.05) is 12.1 Å². The Morgan fingerprint density at radius 1 is 1.15 bits per heavy atom. The van der Waals surface area contributed by atoms with Gasteiger partial charge in [-0.15, -0.1) is 0 Å². The van der Waals surface area contributed by atoms with Crippen LogP contribution < -0.4 is 10.4 Å². The van der Waals surface area contributed by atoms with E-state index in [1.165, 1.54) is 23.1 Å². The number of carbonyl (C=O) groups is 1. The number of likely N-dealkylation sites (N-methyl/N-ethyl adjacent to an activating group) is 1. The molecule has 5 nitrogen and oxygen atoms in total. The van der Waals surface area contributed by atoms with E-state index in [4.69, 9.17) is 9.15 Å². The molecule has 1 heterocycles. The first-order valence-corrected chi connectivity index (χ1v) is 8.48. The average molecular weight is 369 g/mol. The van der Waals surface area contributed by atoms with Crippen LogP contribution in [0.25, 0.3) is 22.1 Å². The van der Waals surface area contributed by atoms with Crippen LogP contribution >= 0.6 is 0 Å². The number of amides is 1. The summed E-state index contributed by atoms with van der Waals surface area (Å²) in [5.41, 5.74) is 2.01. The zero-order valence-electron chi connectivity index (χ0n) is 15.6. The number of hydrogen-bond donors (Lipinski definition) is 0. The second-order valence-corrected chi connectivity index (χ2v) is 6.59. The highest BCUT2D eigenvalue weighted by molar-refractivity contribution is 5.96. The third kappa shape index (κ3) is 3.84. The van der Waals surface area contributed by atoms with E-state index in [-0.39, 0.29) is 11.7 Å². The summed E-state index contributed by atoms with van der Waals surface area (Å²) < 4.78 is 24.3. The Kier molecular flexibility index (Phi) is 4.99. The summed E-state index contributed by atoms with van der Waals surface area (Å²) in [6.45, 7) is 3.52. The normalized spacial score (nSPS) is 12.0. The van der Waals surface area contributed by atoms with Crippen molar-refractivity contribution in [2.45, 2.75) is 20.0 Å². The molecule has 1 amide bonds. The number of ether oxygens (including phenoxy) is 1. The van der Waals surface area contributed by atoms with E-state index < -0.39 is 11.7 Å². The minimum atomic E-state index is -0.677. The van der Waals surface area contributed by atoms with Crippen molar-refractivity contribution in [1.29, 1.82) is 0 Å². The van der Waals surface area contributed by atoms with Crippen molar-refractivity contribution < 1.29 is 18.3 Å². The Hall–Kier alpha value is -3.15. The molecule has 0 aliphatic rings. The fraction of sp³-hybridized carbons (Fsp3) is 0.238. The van der Waals surface area contributed by atoms with Crippen LogP contribution in [0, 0.1) is 12.7 Å². The molecule has 0 aliphatic heterocycles. The summed E-state index contributed by atoms with van der Waals surface area (Å²) in [5, 5.41) is 0.736. The maximum absolute atomic E-state index is 13.2. The molecule has 0 unspecified atom stereocenters. The molecule has 0 N–H and O–H groups in total. The predicted octanol–water partition coefficient (Wildman–Crippen LogP) is 3.76. The van der Waals surface area contributed by atoms with Gasteiger partial charge in [0.05, 0.1) is 0 Å². The number of benzene rings is 2. The van der Waals surface area contributed by atoms with Gasteiger partial charge >= 0.3 is 5.63 Å². The van der Waals surface area contributed by atoms with Crippen molar-refractivity contribution in [3.63, 3.8) is 0 Å². The minimum Gasteiger partial charge on any atom is -0.481 e. The quantitative estimate of drug-likeness (QED) is 0.657. The SMILES string of the molecule is Cc1cc(O[C@H](C)C(=O)N(C)C)cc2oc(=O)cc(-c3ccc(F)cc3)c12. The van der Waals surface area contributed by atoms with Gasteiger partial charge in [-0.05, 0) is 43.2 Å². The molecule has 2 aromatic carbocycles. The Morgan fingerprint density at radius 2 is 1.81 bits per heavy atom. The van der Waals surface area contributed by atoms with Crippen molar-refractivity contribution in [3.05, 3.63) is 64.3 Å². The molecular weight excluding hydrogens is 349 g/mol. The first-order valence-electron chi connectivity index (χ1n) is 8.48. The number of carbonyl (C=O) groups excluding carboxylic acids is 1. The molecule has 3 rings (SSSR count). The molecule has 0 spiro atoms. The molecule has 1 aromatic heterocycles. The summed E-state index contributed by atoms with van der Waals surface area (Å²) in [4.78, 5) is 25.5. The molecule has 0 radical (unpaired) electrons. The van der Waals surface area contributed by atoms with E-state index in [2.05, 4.69) is 0 Å². The summed E-state index contributed by atoms with van der Waals surface area (Å²) in [5.74, 6) is -0.0886. The second-order valence-electron chi connectivity index (χ2n) is 6.59. The van der Waals surface area contributed by atoms with Crippen LogP contribution in [0.5, 0.6) is 5.75 Å². The van der Waals surface area contributed by atoms with Crippen molar-refractivity contribution in [2.75, 3.05) is 14.1 Å². The molecule has 6 heteroatoms. The third-order valence-corrected chi connectivity index (χ3v) is 4.27. The number of aryl methyl sites for hydroxylation is 1. The standard InChI is InChI=1S/C21H20FNO4/c1-12-9-16(26-13(2)21(25)23(3)4)10-18-20(12)17(11-19(24)27-18)14-5-7-15(22)8-6-14/h5-11,13H,1-4H3/t13-/m1/s1. The van der Waals surface area contributed by atoms with Gasteiger partial charge < -0.3 is 14.1 Å². The topological polar surface area (TPSA) is 59.8 Å². The molecule has 0 bridgehead atoms. The molecule has 0 aliphatic carbocycles. The Bertz CT molecular complexity index is 1050. The number of nitrogens with zero attached hydrogens (tertiary/aromatic N) is 1. The number of hydrogen-bond acceptors (Lipinski definition) is 4. The van der Waals surface area contributed by atoms with Gasteiger partial charge in [0.15, 0.2) is 6.10 Å². The van der Waals surface area contributed by atoms with Crippen LogP contribution in [0.1, 0.15) is 12.5 Å². The zero-order chi connectivity index (χ0) is 19.7. The highest BCUT2D eigenvalue weighted by Crippen LogP contribution is 2.33. The fourth-order valence-electron chi connectivity index (χ4n) is 3.02. The van der Waals surface area contributed by atoms with E-state index in [1.807, 2.05) is 6.92 Å². The van der Waals surface area contributed by atoms with Crippen molar-refractivity contribution >= 4 is 16.9 Å². The lowest BCUT2D eigenvalue weighted by Gasteiger charge is -2.19. The maximum Gasteiger partial charge on any atom is 0.336 e. The average Bonchev–Trinajstić information content (AvgIpc) is 2.60. The number of rotatable bonds is 4. The van der Waals surface area contributed by atoms with Crippen molar-refractivity contribution in [3.8, 4) is 16.9 Å². The summed E-state index contributed by atoms with van der Waals surface area (Å²) in [6.07, 6.45) is -0.677. The van der Waals surface area contributed by atoms with Gasteiger partial charge in [0.1, 0.15) is 17.1 Å². The van der Waals surface area contributed by atoms with Gasteiger partial charge in [0, 0.05) is 37.2 Å². The van der Waals surface area contributed by atoms with E-state index in [0.717, 1.165) is 10.9 Å². The Morgan fingerprint density at radius 3 is 2.44 bits per heavy atom. The lowest BCUT2D eigenvalue weighted by molar-refractivity contribution is -0.135. The van der Waals surface area contributed by atoms with E-state index in [0.29, 0.717) is 22.5 Å². The molecule has 27 heavy (non-hydrogen) atoms. The smallest absolute Gasteiger partial charge is 0.336 e. The second kappa shape index (κ2) is 7.23. The highest BCUT2D eigenvalue weighted by atomic mass is 19.1. The largest absolute Gasteiger partial charge is 0.481 e. The first-order chi connectivity index (χ1) is 12.8. The van der Waals surface area contributed by atoms with E-state index in [9.17, 15) is 14.0 Å². The van der Waals surface area contributed by atoms with E-state index in [1.54, 1.807) is 45.3 Å². The van der Waals surface area contributed by atoms with Crippen molar-refractivity contribution in [1.82, 2.24) is 4.90 Å². The molecule has 3 aromatic rings. The van der Waals surface area contributed by atoms with Gasteiger partial charge in [0.2, 0.25) is 0 Å². The zero-order valence-corrected chi connectivity index (χ0v) is 15.6. The molecule has 140 valence electrons. The van der Waals surface area contributed by atoms with Crippen LogP contribution in [0.4, 0.5) is 4.39 Å². The fourth-order valence-corrected chi connectivity index (χ4v) is 3.02. The van der Waals surface area contributed by atoms with Gasteiger partial charge in [-0.2, -0.15) is 0 Å². The molecule has 0 fully saturated rings. The molecular formula is C21H20FNO4. The summed E-state index contributed by atoms with van der Waals surface area (Å²) >= 11 is 0. The van der Waals surface area contributed by atoms with Crippen molar-refractivity contribution in [2.24, 2.45) is 0 Å². The minimum absolute atomic E-state index is 0.172. The third-order valence-electron chi connectivity index (χ3n) is 4.27. The summed E-state index contributed by atoms with van der Waals surface area (Å²) in [6, 6.07) is 10.7. The number of halogens is 1. The Labute approximate surface area is 156 Å². The highest BCUT2D eigenvalue weighted by Gasteiger charge is 2.18. The van der Waals surface area contributed by atoms with Gasteiger partial charge in [-0.3, -0.25) is 4.79 Å². The van der Waals surface area contributed by atoms with Crippen LogP contribution in [0.15, 0.2) is 51.7 Å². The summed E-state index contributed by atoms with van der Waals surface area (Å²) in [7, 11) is 3.31. The van der Waals surface area contributed by atoms with E-state index >= 15 is 0 Å². The predicted molar refractivity (Wildman–Crippen MR) is 101 cm³/mol. The monoisotopic (exact) mass is 369 g/mol. The van der Waals surface area contributed by atoms with Crippen LogP contribution in [0.2, 0.25) is 0 Å². The van der Waals surface area contributed by atoms with Crippen LogP contribution in [-0.4, -0.2) is 31.0 Å². The lowest BCUT2D eigenvalue weighted by atomic mass is 9.98. The van der Waals surface area contributed by atoms with Gasteiger partial charge in [-0.25, -0.2) is 9.18 Å². The first kappa shape index (κ1) is 18.6. The number of fused-ring (bicyclic) bond motifs is 1. The molecule has 0 saturated carbocycles.